The van der Waals surface area contributed by atoms with Crippen LogP contribution in [0.25, 0.3) is 5.52 Å². The van der Waals surface area contributed by atoms with E-state index < -0.39 is 5.91 Å². The molecule has 0 unspecified atom stereocenters. The van der Waals surface area contributed by atoms with Gasteiger partial charge >= 0.3 is 0 Å². The van der Waals surface area contributed by atoms with E-state index in [4.69, 9.17) is 14.2 Å². The second-order valence-corrected chi connectivity index (χ2v) is 6.36. The third-order valence-corrected chi connectivity index (χ3v) is 4.41. The molecule has 0 fully saturated rings. The van der Waals surface area contributed by atoms with Crippen molar-refractivity contribution in [3.05, 3.63) is 54.1 Å². The molecule has 1 aliphatic rings. The first-order chi connectivity index (χ1) is 14.2. The number of ether oxygens (including phenoxy) is 3. The first-order valence-electron chi connectivity index (χ1n) is 9.12. The summed E-state index contributed by atoms with van der Waals surface area (Å²) in [6.07, 6.45) is 2.38. The number of carbonyl (C=O) groups is 2. The molecular formula is C20H20N4O5. The molecule has 9 heteroatoms. The van der Waals surface area contributed by atoms with Crippen molar-refractivity contribution in [1.29, 1.82) is 0 Å². The minimum Gasteiger partial charge on any atom is -0.454 e. The van der Waals surface area contributed by atoms with Crippen LogP contribution in [0.3, 0.4) is 0 Å². The van der Waals surface area contributed by atoms with Crippen LogP contribution in [-0.2, 0) is 4.74 Å². The fraction of sp³-hybridized carbons (Fsp3) is 0.250. The Balaban J connectivity index is 1.57. The van der Waals surface area contributed by atoms with E-state index in [1.165, 1.54) is 0 Å². The van der Waals surface area contributed by atoms with Gasteiger partial charge in [0.2, 0.25) is 12.6 Å². The third-order valence-electron chi connectivity index (χ3n) is 4.41. The largest absolute Gasteiger partial charge is 0.454 e. The molecule has 1 aliphatic heterocycles. The third kappa shape index (κ3) is 3.85. The predicted molar refractivity (Wildman–Crippen MR) is 105 cm³/mol. The van der Waals surface area contributed by atoms with Crippen LogP contribution in [0, 0.1) is 0 Å². The summed E-state index contributed by atoms with van der Waals surface area (Å²) in [5, 5.41) is 5.59. The molecule has 9 nitrogen and oxygen atoms in total. The average molecular weight is 396 g/mol. The number of nitrogens with one attached hydrogen (secondary N) is 2. The number of hydrogen-bond donors (Lipinski definition) is 2. The maximum absolute atomic E-state index is 12.9. The molecular weight excluding hydrogens is 376 g/mol. The van der Waals surface area contributed by atoms with Crippen molar-refractivity contribution < 1.29 is 23.8 Å². The minimum absolute atomic E-state index is 0.147. The molecule has 0 atom stereocenters. The van der Waals surface area contributed by atoms with E-state index in [1.54, 1.807) is 54.1 Å². The molecule has 3 aromatic rings. The topological polar surface area (TPSA) is 103 Å². The summed E-state index contributed by atoms with van der Waals surface area (Å²) in [5.41, 5.74) is 1.24. The summed E-state index contributed by atoms with van der Waals surface area (Å²) in [4.78, 5) is 29.7. The van der Waals surface area contributed by atoms with Crippen molar-refractivity contribution in [3.63, 3.8) is 0 Å². The number of imidazole rings is 1. The molecule has 0 bridgehead atoms. The number of carbonyl (C=O) groups excluding carboxylic acids is 2. The molecule has 4 rings (SSSR count). The SMILES string of the molecule is COCCCNC(=O)c1nc(C(=O)Nc2ccc3c(c2)OCO3)c2ccccn12. The van der Waals surface area contributed by atoms with Crippen LogP contribution in [0.2, 0.25) is 0 Å². The van der Waals surface area contributed by atoms with Gasteiger partial charge in [0.05, 0.1) is 5.52 Å². The Kier molecular flexibility index (Phi) is 5.30. The molecule has 2 aromatic heterocycles. The lowest BCUT2D eigenvalue weighted by molar-refractivity contribution is 0.0937. The molecule has 2 N–H and O–H groups in total. The highest BCUT2D eigenvalue weighted by molar-refractivity contribution is 6.09. The van der Waals surface area contributed by atoms with Gasteiger partial charge in [-0.15, -0.1) is 0 Å². The lowest BCUT2D eigenvalue weighted by Crippen LogP contribution is -2.27. The van der Waals surface area contributed by atoms with Crippen molar-refractivity contribution in [1.82, 2.24) is 14.7 Å². The number of methoxy groups -OCH3 is 1. The van der Waals surface area contributed by atoms with E-state index >= 15 is 0 Å². The summed E-state index contributed by atoms with van der Waals surface area (Å²) in [6.45, 7) is 1.15. The lowest BCUT2D eigenvalue weighted by atomic mass is 10.2. The average Bonchev–Trinajstić information content (AvgIpc) is 3.35. The van der Waals surface area contributed by atoms with Crippen molar-refractivity contribution in [3.8, 4) is 11.5 Å². The summed E-state index contributed by atoms with van der Waals surface area (Å²) >= 11 is 0. The monoisotopic (exact) mass is 396 g/mol. The number of anilines is 1. The smallest absolute Gasteiger partial charge is 0.287 e. The number of fused-ring (bicyclic) bond motifs is 2. The standard InChI is InChI=1S/C20H20N4O5/c1-27-10-4-8-21-20(26)18-23-17(14-5-2-3-9-24(14)18)19(25)22-13-6-7-15-16(11-13)29-12-28-15/h2-3,5-7,9,11H,4,8,10,12H2,1H3,(H,21,26)(H,22,25). The quantitative estimate of drug-likeness (QED) is 0.593. The molecule has 1 aromatic carbocycles. The number of amides is 2. The normalized spacial score (nSPS) is 12.2. The van der Waals surface area contributed by atoms with Crippen molar-refractivity contribution in [2.45, 2.75) is 6.42 Å². The Hall–Kier alpha value is -3.59. The number of pyridine rings is 1. The van der Waals surface area contributed by atoms with Crippen LogP contribution in [0.4, 0.5) is 5.69 Å². The van der Waals surface area contributed by atoms with Crippen molar-refractivity contribution in [2.24, 2.45) is 0 Å². The zero-order chi connectivity index (χ0) is 20.2. The molecule has 0 saturated carbocycles. The number of hydrogen-bond acceptors (Lipinski definition) is 6. The molecule has 0 radical (unpaired) electrons. The zero-order valence-corrected chi connectivity index (χ0v) is 15.8. The first-order valence-corrected chi connectivity index (χ1v) is 9.12. The van der Waals surface area contributed by atoms with Gasteiger partial charge in [0, 0.05) is 38.2 Å². The Morgan fingerprint density at radius 2 is 2.03 bits per heavy atom. The molecule has 0 spiro atoms. The molecule has 0 aliphatic carbocycles. The highest BCUT2D eigenvalue weighted by Crippen LogP contribution is 2.34. The van der Waals surface area contributed by atoms with Gasteiger partial charge in [-0.2, -0.15) is 0 Å². The minimum atomic E-state index is -0.425. The number of nitrogens with zero attached hydrogens (tertiary/aromatic N) is 2. The van der Waals surface area contributed by atoms with Crippen LogP contribution < -0.4 is 20.1 Å². The Morgan fingerprint density at radius 1 is 1.17 bits per heavy atom. The van der Waals surface area contributed by atoms with Crippen LogP contribution in [0.15, 0.2) is 42.6 Å². The fourth-order valence-corrected chi connectivity index (χ4v) is 3.03. The highest BCUT2D eigenvalue weighted by atomic mass is 16.7. The Labute approximate surface area is 166 Å². The van der Waals surface area contributed by atoms with E-state index in [1.807, 2.05) is 0 Å². The van der Waals surface area contributed by atoms with Gasteiger partial charge in [-0.3, -0.25) is 14.0 Å². The predicted octanol–water partition coefficient (Wildman–Crippen LogP) is 2.08. The van der Waals surface area contributed by atoms with Crippen molar-refractivity contribution >= 4 is 23.0 Å². The van der Waals surface area contributed by atoms with Crippen molar-refractivity contribution in [2.75, 3.05) is 32.4 Å². The Bertz CT molecular complexity index is 1060. The molecule has 29 heavy (non-hydrogen) atoms. The van der Waals surface area contributed by atoms with E-state index in [-0.39, 0.29) is 24.2 Å². The Morgan fingerprint density at radius 3 is 2.90 bits per heavy atom. The van der Waals surface area contributed by atoms with Crippen LogP contribution >= 0.6 is 0 Å². The maximum atomic E-state index is 12.9. The van der Waals surface area contributed by atoms with Gasteiger partial charge in [0.1, 0.15) is 0 Å². The lowest BCUT2D eigenvalue weighted by Gasteiger charge is -2.05. The number of rotatable bonds is 7. The van der Waals surface area contributed by atoms with Gasteiger partial charge in [0.15, 0.2) is 17.2 Å². The van der Waals surface area contributed by atoms with Gasteiger partial charge in [-0.05, 0) is 30.7 Å². The van der Waals surface area contributed by atoms with E-state index in [0.717, 1.165) is 0 Å². The fourth-order valence-electron chi connectivity index (χ4n) is 3.03. The first kappa shape index (κ1) is 18.8. The summed E-state index contributed by atoms with van der Waals surface area (Å²) in [7, 11) is 1.61. The second kappa shape index (κ2) is 8.19. The number of benzene rings is 1. The summed E-state index contributed by atoms with van der Waals surface area (Å²) < 4.78 is 17.2. The second-order valence-electron chi connectivity index (χ2n) is 6.36. The molecule has 0 saturated heterocycles. The van der Waals surface area contributed by atoms with Crippen LogP contribution in [0.1, 0.15) is 27.5 Å². The highest BCUT2D eigenvalue weighted by Gasteiger charge is 2.22. The maximum Gasteiger partial charge on any atom is 0.287 e. The van der Waals surface area contributed by atoms with Gasteiger partial charge in [0.25, 0.3) is 11.8 Å². The van der Waals surface area contributed by atoms with E-state index in [9.17, 15) is 9.59 Å². The van der Waals surface area contributed by atoms with Crippen LogP contribution in [-0.4, -0.2) is 48.3 Å². The summed E-state index contributed by atoms with van der Waals surface area (Å²) in [5.74, 6) is 0.556. The van der Waals surface area contributed by atoms with Crippen LogP contribution in [0.5, 0.6) is 11.5 Å². The van der Waals surface area contributed by atoms with Gasteiger partial charge < -0.3 is 24.8 Å². The zero-order valence-electron chi connectivity index (χ0n) is 15.8. The van der Waals surface area contributed by atoms with Gasteiger partial charge in [-0.25, -0.2) is 4.98 Å². The molecule has 2 amide bonds. The molecule has 3 heterocycles. The van der Waals surface area contributed by atoms with E-state index in [2.05, 4.69) is 15.6 Å². The van der Waals surface area contributed by atoms with E-state index in [0.29, 0.717) is 42.3 Å². The molecule has 150 valence electrons. The summed E-state index contributed by atoms with van der Waals surface area (Å²) in [6, 6.07) is 10.4. The van der Waals surface area contributed by atoms with Gasteiger partial charge in [-0.1, -0.05) is 6.07 Å². The number of aromatic nitrogens is 2.